The van der Waals surface area contributed by atoms with E-state index in [1.165, 1.54) is 4.90 Å². The van der Waals surface area contributed by atoms with Crippen molar-refractivity contribution < 1.29 is 9.59 Å². The van der Waals surface area contributed by atoms with E-state index in [9.17, 15) is 9.59 Å². The van der Waals surface area contributed by atoms with Crippen LogP contribution in [0.4, 0.5) is 16.2 Å². The van der Waals surface area contributed by atoms with Crippen molar-refractivity contribution in [2.24, 2.45) is 0 Å². The summed E-state index contributed by atoms with van der Waals surface area (Å²) in [5.41, 5.74) is 3.48. The van der Waals surface area contributed by atoms with Gasteiger partial charge in [-0.25, -0.2) is 4.79 Å². The highest BCUT2D eigenvalue weighted by molar-refractivity contribution is 5.97. The van der Waals surface area contributed by atoms with E-state index >= 15 is 0 Å². The van der Waals surface area contributed by atoms with Crippen molar-refractivity contribution >= 4 is 23.3 Å². The van der Waals surface area contributed by atoms with Gasteiger partial charge in [0.2, 0.25) is 5.91 Å². The van der Waals surface area contributed by atoms with E-state index in [1.54, 1.807) is 19.2 Å². The summed E-state index contributed by atoms with van der Waals surface area (Å²) in [5, 5.41) is 5.61. The van der Waals surface area contributed by atoms with Crippen molar-refractivity contribution in [2.75, 3.05) is 24.2 Å². The number of rotatable bonds is 4. The predicted octanol–water partition coefficient (Wildman–Crippen LogP) is 3.41. The number of nitrogens with zero attached hydrogens (tertiary/aromatic N) is 1. The minimum atomic E-state index is -0.326. The molecule has 0 aliphatic heterocycles. The fourth-order valence-electron chi connectivity index (χ4n) is 2.22. The van der Waals surface area contributed by atoms with Gasteiger partial charge in [-0.1, -0.05) is 36.4 Å². The van der Waals surface area contributed by atoms with Gasteiger partial charge in [0.1, 0.15) is 6.54 Å². The topological polar surface area (TPSA) is 61.4 Å². The molecular weight excluding hydrogens is 290 g/mol. The van der Waals surface area contributed by atoms with Crippen molar-refractivity contribution in [2.45, 2.75) is 13.8 Å². The molecule has 0 saturated carbocycles. The van der Waals surface area contributed by atoms with E-state index in [0.717, 1.165) is 16.8 Å². The number of hydrogen-bond acceptors (Lipinski definition) is 2. The van der Waals surface area contributed by atoms with Gasteiger partial charge in [0.05, 0.1) is 0 Å². The quantitative estimate of drug-likeness (QED) is 0.909. The van der Waals surface area contributed by atoms with E-state index in [-0.39, 0.29) is 18.5 Å². The molecule has 2 rings (SSSR count). The van der Waals surface area contributed by atoms with Crippen LogP contribution in [0.15, 0.2) is 48.5 Å². The van der Waals surface area contributed by atoms with E-state index < -0.39 is 0 Å². The second-order valence-corrected chi connectivity index (χ2v) is 5.47. The van der Waals surface area contributed by atoms with Gasteiger partial charge in [-0.05, 0) is 37.1 Å². The maximum absolute atomic E-state index is 12.2. The maximum atomic E-state index is 12.2. The number of carbonyl (C=O) groups excluding carboxylic acids is 2. The molecule has 2 aromatic rings. The Morgan fingerprint density at radius 1 is 0.913 bits per heavy atom. The van der Waals surface area contributed by atoms with Crippen LogP contribution in [-0.2, 0) is 4.79 Å². The fourth-order valence-corrected chi connectivity index (χ4v) is 2.22. The Morgan fingerprint density at radius 2 is 1.52 bits per heavy atom. The number of hydrogen-bond donors (Lipinski definition) is 2. The van der Waals surface area contributed by atoms with Crippen LogP contribution in [0.5, 0.6) is 0 Å². The molecule has 2 N–H and O–H groups in total. The van der Waals surface area contributed by atoms with Crippen molar-refractivity contribution in [3.05, 3.63) is 59.7 Å². The second-order valence-electron chi connectivity index (χ2n) is 5.47. The number of nitrogens with one attached hydrogen (secondary N) is 2. The molecule has 120 valence electrons. The Labute approximate surface area is 136 Å². The molecule has 23 heavy (non-hydrogen) atoms. The number of aryl methyl sites for hydroxylation is 2. The summed E-state index contributed by atoms with van der Waals surface area (Å²) in [6, 6.07) is 14.6. The third kappa shape index (κ3) is 4.57. The lowest BCUT2D eigenvalue weighted by atomic mass is 10.1. The van der Waals surface area contributed by atoms with Gasteiger partial charge in [0.25, 0.3) is 0 Å². The smallest absolute Gasteiger partial charge is 0.322 e. The first-order valence-electron chi connectivity index (χ1n) is 7.40. The standard InChI is InChI=1S/C18H21N3O2/c1-13-8-7-9-14(2)17(13)20-16(22)12-21(3)18(23)19-15-10-5-4-6-11-15/h4-11H,12H2,1-3H3,(H,19,23)(H,20,22). The second kappa shape index (κ2) is 7.45. The number of para-hydroxylation sites is 2. The molecule has 0 radical (unpaired) electrons. The largest absolute Gasteiger partial charge is 0.324 e. The van der Waals surface area contributed by atoms with Gasteiger partial charge < -0.3 is 15.5 Å². The molecule has 3 amide bonds. The van der Waals surface area contributed by atoms with E-state index in [2.05, 4.69) is 10.6 Å². The summed E-state index contributed by atoms with van der Waals surface area (Å²) in [5.74, 6) is -0.229. The van der Waals surface area contributed by atoms with Crippen LogP contribution in [0, 0.1) is 13.8 Å². The van der Waals surface area contributed by atoms with Crippen molar-refractivity contribution in [1.29, 1.82) is 0 Å². The van der Waals surface area contributed by atoms with Gasteiger partial charge in [-0.15, -0.1) is 0 Å². The molecule has 5 nitrogen and oxygen atoms in total. The molecule has 5 heteroatoms. The molecule has 0 atom stereocenters. The molecule has 0 saturated heterocycles. The Balaban J connectivity index is 1.93. The number of carbonyl (C=O) groups is 2. The first kappa shape index (κ1) is 16.5. The molecule has 0 aromatic heterocycles. The van der Waals surface area contributed by atoms with Crippen molar-refractivity contribution in [3.63, 3.8) is 0 Å². The lowest BCUT2D eigenvalue weighted by molar-refractivity contribution is -0.116. The number of benzene rings is 2. The minimum absolute atomic E-state index is 0.0214. The summed E-state index contributed by atoms with van der Waals surface area (Å²) < 4.78 is 0. The Morgan fingerprint density at radius 3 is 2.13 bits per heavy atom. The van der Waals surface area contributed by atoms with Gasteiger partial charge in [-0.2, -0.15) is 0 Å². The van der Waals surface area contributed by atoms with Crippen LogP contribution in [-0.4, -0.2) is 30.4 Å². The maximum Gasteiger partial charge on any atom is 0.322 e. The van der Waals surface area contributed by atoms with Crippen LogP contribution < -0.4 is 10.6 Å². The summed E-state index contributed by atoms with van der Waals surface area (Å²) in [6.45, 7) is 3.86. The normalized spacial score (nSPS) is 10.0. The first-order chi connectivity index (χ1) is 11.0. The zero-order chi connectivity index (χ0) is 16.8. The molecule has 0 unspecified atom stereocenters. The highest BCUT2D eigenvalue weighted by atomic mass is 16.2. The molecule has 0 aliphatic carbocycles. The molecular formula is C18H21N3O2. The molecule has 0 fully saturated rings. The number of anilines is 2. The Hall–Kier alpha value is -2.82. The molecule has 0 aliphatic rings. The zero-order valence-corrected chi connectivity index (χ0v) is 13.6. The lowest BCUT2D eigenvalue weighted by Gasteiger charge is -2.18. The van der Waals surface area contributed by atoms with E-state index in [4.69, 9.17) is 0 Å². The average molecular weight is 311 g/mol. The minimum Gasteiger partial charge on any atom is -0.324 e. The average Bonchev–Trinajstić information content (AvgIpc) is 2.52. The summed E-state index contributed by atoms with van der Waals surface area (Å²) in [7, 11) is 1.59. The number of likely N-dealkylation sites (N-methyl/N-ethyl adjacent to an activating group) is 1. The monoisotopic (exact) mass is 311 g/mol. The third-order valence-electron chi connectivity index (χ3n) is 3.50. The lowest BCUT2D eigenvalue weighted by Crippen LogP contribution is -2.37. The van der Waals surface area contributed by atoms with Crippen LogP contribution >= 0.6 is 0 Å². The first-order valence-corrected chi connectivity index (χ1v) is 7.40. The predicted molar refractivity (Wildman–Crippen MR) is 92.6 cm³/mol. The Bertz CT molecular complexity index is 678. The van der Waals surface area contributed by atoms with Crippen molar-refractivity contribution in [1.82, 2.24) is 4.90 Å². The van der Waals surface area contributed by atoms with Crippen LogP contribution in [0.25, 0.3) is 0 Å². The number of amides is 3. The van der Waals surface area contributed by atoms with Crippen LogP contribution in [0.3, 0.4) is 0 Å². The van der Waals surface area contributed by atoms with Gasteiger partial charge in [0, 0.05) is 18.4 Å². The summed E-state index contributed by atoms with van der Waals surface area (Å²) in [4.78, 5) is 25.6. The third-order valence-corrected chi connectivity index (χ3v) is 3.50. The van der Waals surface area contributed by atoms with E-state index in [0.29, 0.717) is 5.69 Å². The van der Waals surface area contributed by atoms with Crippen LogP contribution in [0.2, 0.25) is 0 Å². The van der Waals surface area contributed by atoms with Crippen LogP contribution in [0.1, 0.15) is 11.1 Å². The Kier molecular flexibility index (Phi) is 5.36. The highest BCUT2D eigenvalue weighted by Gasteiger charge is 2.14. The number of urea groups is 1. The SMILES string of the molecule is Cc1cccc(C)c1NC(=O)CN(C)C(=O)Nc1ccccc1. The molecule has 0 bridgehead atoms. The highest BCUT2D eigenvalue weighted by Crippen LogP contribution is 2.19. The summed E-state index contributed by atoms with van der Waals surface area (Å²) in [6.07, 6.45) is 0. The molecule has 0 spiro atoms. The fraction of sp³-hybridized carbons (Fsp3) is 0.222. The van der Waals surface area contributed by atoms with Gasteiger partial charge >= 0.3 is 6.03 Å². The zero-order valence-electron chi connectivity index (χ0n) is 13.6. The van der Waals surface area contributed by atoms with Gasteiger partial charge in [-0.3, -0.25) is 4.79 Å². The molecule has 2 aromatic carbocycles. The van der Waals surface area contributed by atoms with Gasteiger partial charge in [0.15, 0.2) is 0 Å². The molecule has 0 heterocycles. The summed E-state index contributed by atoms with van der Waals surface area (Å²) >= 11 is 0. The van der Waals surface area contributed by atoms with E-state index in [1.807, 2.05) is 50.2 Å². The van der Waals surface area contributed by atoms with Crippen molar-refractivity contribution in [3.8, 4) is 0 Å².